The monoisotopic (exact) mass is 329 g/mol. The average Bonchev–Trinajstić information content (AvgIpc) is 2.77. The van der Waals surface area contributed by atoms with Gasteiger partial charge in [0.15, 0.2) is 0 Å². The molecule has 102 valence electrons. The number of aryl methyl sites for hydroxylation is 1. The van der Waals surface area contributed by atoms with E-state index in [1.807, 2.05) is 12.1 Å². The summed E-state index contributed by atoms with van der Waals surface area (Å²) in [6, 6.07) is 12.4. The van der Waals surface area contributed by atoms with Crippen molar-refractivity contribution in [1.82, 2.24) is 9.97 Å². The van der Waals surface area contributed by atoms with Gasteiger partial charge in [-0.15, -0.1) is 0 Å². The molecule has 2 N–H and O–H groups in total. The van der Waals surface area contributed by atoms with Gasteiger partial charge in [0.25, 0.3) is 0 Å². The average molecular weight is 330 g/mol. The van der Waals surface area contributed by atoms with Gasteiger partial charge in [-0.05, 0) is 53.0 Å². The normalized spacial score (nSPS) is 10.9. The number of para-hydroxylation sites is 1. The molecule has 2 heterocycles. The smallest absolute Gasteiger partial charge is 0.125 e. The first-order valence-corrected chi connectivity index (χ1v) is 7.45. The zero-order valence-corrected chi connectivity index (χ0v) is 12.9. The lowest BCUT2D eigenvalue weighted by Crippen LogP contribution is -2.06. The molecule has 0 fully saturated rings. The van der Waals surface area contributed by atoms with Crippen LogP contribution in [0.5, 0.6) is 0 Å². The van der Waals surface area contributed by atoms with Crippen LogP contribution in [0.3, 0.4) is 0 Å². The number of rotatable bonds is 4. The van der Waals surface area contributed by atoms with Gasteiger partial charge in [0, 0.05) is 33.8 Å². The number of halogens is 1. The fourth-order valence-electron chi connectivity index (χ4n) is 2.45. The van der Waals surface area contributed by atoms with Crippen molar-refractivity contribution in [2.24, 2.45) is 0 Å². The summed E-state index contributed by atoms with van der Waals surface area (Å²) in [6.07, 6.45) is 2.78. The first-order chi connectivity index (χ1) is 9.74. The van der Waals surface area contributed by atoms with E-state index < -0.39 is 0 Å². The number of hydrogen-bond donors (Lipinski definition) is 2. The standard InChI is InChI=1S/C16H16BrN3/c1-11-13(14-4-2-3-5-15(14)20-11)8-9-18-16-7-6-12(17)10-19-16/h2-7,10,20H,8-9H2,1H3,(H,18,19). The van der Waals surface area contributed by atoms with Gasteiger partial charge in [-0.25, -0.2) is 4.98 Å². The Morgan fingerprint density at radius 2 is 2.05 bits per heavy atom. The van der Waals surface area contributed by atoms with Gasteiger partial charge < -0.3 is 10.3 Å². The van der Waals surface area contributed by atoms with Gasteiger partial charge in [-0.3, -0.25) is 0 Å². The van der Waals surface area contributed by atoms with Crippen LogP contribution in [0, 0.1) is 6.92 Å². The van der Waals surface area contributed by atoms with E-state index in [9.17, 15) is 0 Å². The molecule has 0 aliphatic carbocycles. The zero-order chi connectivity index (χ0) is 13.9. The molecule has 2 aromatic heterocycles. The van der Waals surface area contributed by atoms with E-state index >= 15 is 0 Å². The lowest BCUT2D eigenvalue weighted by Gasteiger charge is -2.06. The van der Waals surface area contributed by atoms with E-state index in [1.54, 1.807) is 6.20 Å². The number of anilines is 1. The molecular formula is C16H16BrN3. The predicted molar refractivity (Wildman–Crippen MR) is 87.2 cm³/mol. The summed E-state index contributed by atoms with van der Waals surface area (Å²) in [5.41, 5.74) is 3.84. The Labute approximate surface area is 126 Å². The summed E-state index contributed by atoms with van der Waals surface area (Å²) in [6.45, 7) is 3.00. The maximum absolute atomic E-state index is 4.32. The number of fused-ring (bicyclic) bond motifs is 1. The van der Waals surface area contributed by atoms with Crippen LogP contribution in [0.25, 0.3) is 10.9 Å². The van der Waals surface area contributed by atoms with Gasteiger partial charge in [-0.1, -0.05) is 18.2 Å². The van der Waals surface area contributed by atoms with E-state index in [0.29, 0.717) is 0 Å². The Morgan fingerprint density at radius 3 is 2.85 bits per heavy atom. The van der Waals surface area contributed by atoms with Gasteiger partial charge in [0.2, 0.25) is 0 Å². The first kappa shape index (κ1) is 13.2. The molecule has 3 aromatic rings. The predicted octanol–water partition coefficient (Wildman–Crippen LogP) is 4.29. The summed E-state index contributed by atoms with van der Waals surface area (Å²) >= 11 is 3.39. The highest BCUT2D eigenvalue weighted by Crippen LogP contribution is 2.22. The molecule has 0 amide bonds. The molecule has 0 bridgehead atoms. The van der Waals surface area contributed by atoms with Crippen molar-refractivity contribution < 1.29 is 0 Å². The molecular weight excluding hydrogens is 314 g/mol. The number of nitrogens with one attached hydrogen (secondary N) is 2. The first-order valence-electron chi connectivity index (χ1n) is 6.65. The Kier molecular flexibility index (Phi) is 3.74. The minimum atomic E-state index is 0.872. The van der Waals surface area contributed by atoms with Crippen molar-refractivity contribution in [2.45, 2.75) is 13.3 Å². The van der Waals surface area contributed by atoms with Crippen LogP contribution >= 0.6 is 15.9 Å². The quantitative estimate of drug-likeness (QED) is 0.749. The van der Waals surface area contributed by atoms with E-state index in [1.165, 1.54) is 22.2 Å². The van der Waals surface area contributed by atoms with Crippen molar-refractivity contribution in [3.8, 4) is 0 Å². The number of H-pyrrole nitrogens is 1. The Morgan fingerprint density at radius 1 is 1.20 bits per heavy atom. The van der Waals surface area contributed by atoms with Crippen molar-refractivity contribution in [2.75, 3.05) is 11.9 Å². The van der Waals surface area contributed by atoms with Crippen LogP contribution in [0.4, 0.5) is 5.82 Å². The summed E-state index contributed by atoms with van der Waals surface area (Å²) in [5.74, 6) is 0.908. The molecule has 0 atom stereocenters. The Balaban J connectivity index is 1.71. The molecule has 0 aliphatic heterocycles. The maximum atomic E-state index is 4.32. The molecule has 3 rings (SSSR count). The zero-order valence-electron chi connectivity index (χ0n) is 11.3. The lowest BCUT2D eigenvalue weighted by molar-refractivity contribution is 0.998. The summed E-state index contributed by atoms with van der Waals surface area (Å²) in [7, 11) is 0. The highest BCUT2D eigenvalue weighted by atomic mass is 79.9. The van der Waals surface area contributed by atoms with Crippen LogP contribution in [0.2, 0.25) is 0 Å². The SMILES string of the molecule is Cc1[nH]c2ccccc2c1CCNc1ccc(Br)cn1. The second-order valence-corrected chi connectivity index (χ2v) is 5.73. The second kappa shape index (κ2) is 5.67. The number of nitrogens with zero attached hydrogens (tertiary/aromatic N) is 1. The van der Waals surface area contributed by atoms with E-state index in [4.69, 9.17) is 0 Å². The highest BCUT2D eigenvalue weighted by molar-refractivity contribution is 9.10. The van der Waals surface area contributed by atoms with Crippen molar-refractivity contribution in [3.63, 3.8) is 0 Å². The fourth-order valence-corrected chi connectivity index (χ4v) is 2.69. The van der Waals surface area contributed by atoms with Crippen LogP contribution in [0.15, 0.2) is 47.1 Å². The van der Waals surface area contributed by atoms with Crippen LogP contribution < -0.4 is 5.32 Å². The van der Waals surface area contributed by atoms with Crippen LogP contribution in [-0.2, 0) is 6.42 Å². The molecule has 4 heteroatoms. The molecule has 0 saturated heterocycles. The minimum Gasteiger partial charge on any atom is -0.370 e. The molecule has 0 unspecified atom stereocenters. The molecule has 0 spiro atoms. The third-order valence-electron chi connectivity index (χ3n) is 3.44. The summed E-state index contributed by atoms with van der Waals surface area (Å²) in [5, 5.41) is 4.67. The van der Waals surface area contributed by atoms with E-state index in [2.05, 4.69) is 62.4 Å². The molecule has 0 radical (unpaired) electrons. The van der Waals surface area contributed by atoms with E-state index in [0.717, 1.165) is 23.3 Å². The maximum Gasteiger partial charge on any atom is 0.125 e. The number of pyridine rings is 1. The highest BCUT2D eigenvalue weighted by Gasteiger charge is 2.07. The van der Waals surface area contributed by atoms with Gasteiger partial charge in [0.1, 0.15) is 5.82 Å². The van der Waals surface area contributed by atoms with Crippen LogP contribution in [0.1, 0.15) is 11.3 Å². The molecule has 0 saturated carbocycles. The Bertz CT molecular complexity index is 716. The largest absolute Gasteiger partial charge is 0.370 e. The number of benzene rings is 1. The second-order valence-electron chi connectivity index (χ2n) is 4.81. The number of aromatic amines is 1. The topological polar surface area (TPSA) is 40.7 Å². The third-order valence-corrected chi connectivity index (χ3v) is 3.90. The minimum absolute atomic E-state index is 0.872. The molecule has 0 aliphatic rings. The Hall–Kier alpha value is -1.81. The third kappa shape index (κ3) is 2.70. The number of hydrogen-bond acceptors (Lipinski definition) is 2. The van der Waals surface area contributed by atoms with Gasteiger partial charge >= 0.3 is 0 Å². The van der Waals surface area contributed by atoms with Crippen molar-refractivity contribution in [1.29, 1.82) is 0 Å². The summed E-state index contributed by atoms with van der Waals surface area (Å²) in [4.78, 5) is 7.75. The summed E-state index contributed by atoms with van der Waals surface area (Å²) < 4.78 is 0.996. The number of aromatic nitrogens is 2. The van der Waals surface area contributed by atoms with Crippen LogP contribution in [-0.4, -0.2) is 16.5 Å². The fraction of sp³-hybridized carbons (Fsp3) is 0.188. The molecule has 3 nitrogen and oxygen atoms in total. The van der Waals surface area contributed by atoms with Crippen molar-refractivity contribution >= 4 is 32.7 Å². The molecule has 20 heavy (non-hydrogen) atoms. The van der Waals surface area contributed by atoms with Gasteiger partial charge in [-0.2, -0.15) is 0 Å². The van der Waals surface area contributed by atoms with Gasteiger partial charge in [0.05, 0.1) is 0 Å². The van der Waals surface area contributed by atoms with E-state index in [-0.39, 0.29) is 0 Å². The lowest BCUT2D eigenvalue weighted by atomic mass is 10.1. The molecule has 1 aromatic carbocycles. The van der Waals surface area contributed by atoms with Crippen molar-refractivity contribution in [3.05, 3.63) is 58.3 Å².